The minimum Gasteiger partial charge on any atom is -0.316 e. The molecule has 1 amide bonds. The van der Waals surface area contributed by atoms with Crippen molar-refractivity contribution in [2.75, 3.05) is 24.5 Å². The van der Waals surface area contributed by atoms with Gasteiger partial charge in [0.2, 0.25) is 5.91 Å². The number of hydrogen-bond donors (Lipinski definition) is 1. The smallest absolute Gasteiger partial charge is 0.231 e. The number of benzene rings is 1. The molecule has 1 aromatic rings. The summed E-state index contributed by atoms with van der Waals surface area (Å²) in [5.41, 5.74) is 1.06. The fourth-order valence-electron chi connectivity index (χ4n) is 2.77. The van der Waals surface area contributed by atoms with E-state index >= 15 is 0 Å². The van der Waals surface area contributed by atoms with Crippen molar-refractivity contribution in [1.82, 2.24) is 5.32 Å². The van der Waals surface area contributed by atoms with E-state index < -0.39 is 0 Å². The number of para-hydroxylation sites is 1. The number of nitrogens with one attached hydrogen (secondary N) is 1. The van der Waals surface area contributed by atoms with E-state index in [9.17, 15) is 4.79 Å². The third-order valence-electron chi connectivity index (χ3n) is 4.12. The first-order valence-corrected chi connectivity index (χ1v) is 7.42. The summed E-state index contributed by atoms with van der Waals surface area (Å²) in [5, 5.41) is 3.34. The van der Waals surface area contributed by atoms with Crippen molar-refractivity contribution < 1.29 is 4.79 Å². The van der Waals surface area contributed by atoms with Crippen molar-refractivity contribution in [2.24, 2.45) is 11.8 Å². The summed E-state index contributed by atoms with van der Waals surface area (Å²) >= 11 is 0. The molecule has 1 heterocycles. The van der Waals surface area contributed by atoms with Gasteiger partial charge in [-0.3, -0.25) is 4.79 Å². The second kappa shape index (κ2) is 5.74. The predicted molar refractivity (Wildman–Crippen MR) is 77.1 cm³/mol. The summed E-state index contributed by atoms with van der Waals surface area (Å²) in [6.45, 7) is 2.80. The highest BCUT2D eigenvalue weighted by Crippen LogP contribution is 2.32. The van der Waals surface area contributed by atoms with Crippen molar-refractivity contribution in [2.45, 2.75) is 25.7 Å². The van der Waals surface area contributed by atoms with Crippen molar-refractivity contribution in [1.29, 1.82) is 0 Å². The van der Waals surface area contributed by atoms with Gasteiger partial charge in [-0.1, -0.05) is 18.2 Å². The average Bonchev–Trinajstić information content (AvgIpc) is 3.30. The van der Waals surface area contributed by atoms with E-state index in [0.29, 0.717) is 5.91 Å². The van der Waals surface area contributed by atoms with E-state index in [-0.39, 0.29) is 5.92 Å². The molecule has 2 aliphatic rings. The van der Waals surface area contributed by atoms with Crippen LogP contribution in [-0.2, 0) is 4.79 Å². The van der Waals surface area contributed by atoms with Crippen LogP contribution in [0.5, 0.6) is 0 Å². The van der Waals surface area contributed by atoms with E-state index in [1.54, 1.807) is 0 Å². The molecular weight excluding hydrogens is 236 g/mol. The zero-order valence-electron chi connectivity index (χ0n) is 11.3. The summed E-state index contributed by atoms with van der Waals surface area (Å²) in [4.78, 5) is 14.8. The Kier molecular flexibility index (Phi) is 3.83. The first-order valence-electron chi connectivity index (χ1n) is 7.42. The fraction of sp³-hybridized carbons (Fsp3) is 0.562. The van der Waals surface area contributed by atoms with Crippen molar-refractivity contribution in [3.05, 3.63) is 30.3 Å². The summed E-state index contributed by atoms with van der Waals surface area (Å²) in [7, 11) is 0. The molecule has 1 saturated carbocycles. The summed E-state index contributed by atoms with van der Waals surface area (Å²) in [5.74, 6) is 1.19. The van der Waals surface area contributed by atoms with Crippen molar-refractivity contribution >= 4 is 11.6 Å². The van der Waals surface area contributed by atoms with Gasteiger partial charge < -0.3 is 10.2 Å². The van der Waals surface area contributed by atoms with Crippen LogP contribution in [0.3, 0.4) is 0 Å². The first kappa shape index (κ1) is 12.7. The van der Waals surface area contributed by atoms with Crippen LogP contribution in [0.4, 0.5) is 5.69 Å². The van der Waals surface area contributed by atoms with Gasteiger partial charge in [-0.2, -0.15) is 0 Å². The Hall–Kier alpha value is -1.35. The Labute approximate surface area is 115 Å². The van der Waals surface area contributed by atoms with Crippen molar-refractivity contribution in [3.8, 4) is 0 Å². The summed E-state index contributed by atoms with van der Waals surface area (Å²) in [6.07, 6.45) is 4.70. The summed E-state index contributed by atoms with van der Waals surface area (Å²) < 4.78 is 0. The molecule has 1 atom stereocenters. The molecule has 0 aromatic heterocycles. The Morgan fingerprint density at radius 2 is 2.00 bits per heavy atom. The molecule has 3 nitrogen and oxygen atoms in total. The number of piperidine rings is 1. The number of hydrogen-bond acceptors (Lipinski definition) is 2. The molecular formula is C16H22N2O. The lowest BCUT2D eigenvalue weighted by atomic mass is 9.97. The van der Waals surface area contributed by atoms with Gasteiger partial charge in [0.05, 0.1) is 5.92 Å². The molecule has 1 aromatic carbocycles. The van der Waals surface area contributed by atoms with Gasteiger partial charge in [0.15, 0.2) is 0 Å². The third kappa shape index (κ3) is 3.16. The van der Waals surface area contributed by atoms with E-state index in [0.717, 1.165) is 44.1 Å². The van der Waals surface area contributed by atoms with Crippen LogP contribution in [0.1, 0.15) is 25.7 Å². The van der Waals surface area contributed by atoms with Gasteiger partial charge >= 0.3 is 0 Å². The lowest BCUT2D eigenvalue weighted by molar-refractivity contribution is -0.122. The van der Waals surface area contributed by atoms with Crippen LogP contribution in [0.2, 0.25) is 0 Å². The number of amides is 1. The standard InChI is InChI=1S/C16H22N2O/c19-16(14-5-4-10-17-11-14)18(12-13-8-9-13)15-6-2-1-3-7-15/h1-3,6-7,13-14,17H,4-5,8-12H2. The molecule has 3 rings (SSSR count). The largest absolute Gasteiger partial charge is 0.316 e. The zero-order valence-corrected chi connectivity index (χ0v) is 11.3. The highest BCUT2D eigenvalue weighted by Gasteiger charge is 2.31. The number of rotatable bonds is 4. The van der Waals surface area contributed by atoms with Gasteiger partial charge in [0, 0.05) is 18.8 Å². The topological polar surface area (TPSA) is 32.3 Å². The maximum atomic E-state index is 12.7. The van der Waals surface area contributed by atoms with E-state index in [1.807, 2.05) is 23.1 Å². The monoisotopic (exact) mass is 258 g/mol. The maximum Gasteiger partial charge on any atom is 0.231 e. The lowest BCUT2D eigenvalue weighted by Crippen LogP contribution is -2.44. The van der Waals surface area contributed by atoms with Crippen LogP contribution in [-0.4, -0.2) is 25.5 Å². The van der Waals surface area contributed by atoms with E-state index in [4.69, 9.17) is 0 Å². The molecule has 1 saturated heterocycles. The minimum absolute atomic E-state index is 0.160. The SMILES string of the molecule is O=C(C1CCCNC1)N(CC1CC1)c1ccccc1. The zero-order chi connectivity index (χ0) is 13.1. The molecule has 1 aliphatic heterocycles. The van der Waals surface area contributed by atoms with Gasteiger partial charge in [0.25, 0.3) is 0 Å². The van der Waals surface area contributed by atoms with Crippen LogP contribution in [0.25, 0.3) is 0 Å². The molecule has 2 fully saturated rings. The van der Waals surface area contributed by atoms with Crippen LogP contribution < -0.4 is 10.2 Å². The second-order valence-corrected chi connectivity index (χ2v) is 5.77. The molecule has 3 heteroatoms. The molecule has 0 bridgehead atoms. The van der Waals surface area contributed by atoms with E-state index in [1.165, 1.54) is 12.8 Å². The molecule has 102 valence electrons. The predicted octanol–water partition coefficient (Wildman–Crippen LogP) is 2.43. The molecule has 19 heavy (non-hydrogen) atoms. The number of carbonyl (C=O) groups excluding carboxylic acids is 1. The Morgan fingerprint density at radius 3 is 2.63 bits per heavy atom. The lowest BCUT2D eigenvalue weighted by Gasteiger charge is -2.30. The minimum atomic E-state index is 0.160. The normalized spacial score (nSPS) is 23.1. The molecule has 1 N–H and O–H groups in total. The van der Waals surface area contributed by atoms with E-state index in [2.05, 4.69) is 17.4 Å². The molecule has 1 aliphatic carbocycles. The Morgan fingerprint density at radius 1 is 1.21 bits per heavy atom. The van der Waals surface area contributed by atoms with Gasteiger partial charge in [0.1, 0.15) is 0 Å². The van der Waals surface area contributed by atoms with Gasteiger partial charge in [-0.05, 0) is 50.3 Å². The number of anilines is 1. The van der Waals surface area contributed by atoms with Gasteiger partial charge in [-0.25, -0.2) is 0 Å². The first-order chi connectivity index (χ1) is 9.34. The average molecular weight is 258 g/mol. The van der Waals surface area contributed by atoms with Crippen LogP contribution in [0.15, 0.2) is 30.3 Å². The fourth-order valence-corrected chi connectivity index (χ4v) is 2.77. The molecule has 0 spiro atoms. The second-order valence-electron chi connectivity index (χ2n) is 5.77. The van der Waals surface area contributed by atoms with Gasteiger partial charge in [-0.15, -0.1) is 0 Å². The number of carbonyl (C=O) groups is 1. The highest BCUT2D eigenvalue weighted by molar-refractivity contribution is 5.95. The molecule has 0 radical (unpaired) electrons. The highest BCUT2D eigenvalue weighted by atomic mass is 16.2. The van der Waals surface area contributed by atoms with Crippen LogP contribution >= 0.6 is 0 Å². The Balaban J connectivity index is 1.75. The maximum absolute atomic E-state index is 12.7. The van der Waals surface area contributed by atoms with Crippen molar-refractivity contribution in [3.63, 3.8) is 0 Å². The summed E-state index contributed by atoms with van der Waals surface area (Å²) in [6, 6.07) is 10.1. The Bertz CT molecular complexity index is 422. The molecule has 1 unspecified atom stereocenters. The third-order valence-corrected chi connectivity index (χ3v) is 4.12. The quantitative estimate of drug-likeness (QED) is 0.899. The van der Waals surface area contributed by atoms with Crippen LogP contribution in [0, 0.1) is 11.8 Å². The number of nitrogens with zero attached hydrogens (tertiary/aromatic N) is 1.